The van der Waals surface area contributed by atoms with E-state index in [-0.39, 0.29) is 17.5 Å². The molecule has 1 fully saturated rings. The van der Waals surface area contributed by atoms with E-state index >= 15 is 0 Å². The normalized spacial score (nSPS) is 23.4. The van der Waals surface area contributed by atoms with Crippen molar-refractivity contribution in [2.45, 2.75) is 38.3 Å². The molecule has 2 heterocycles. The fourth-order valence-electron chi connectivity index (χ4n) is 2.07. The van der Waals surface area contributed by atoms with Crippen molar-refractivity contribution in [3.05, 3.63) is 23.1 Å². The summed E-state index contributed by atoms with van der Waals surface area (Å²) in [5.74, 6) is -0.154. The number of hydrogen-bond donors (Lipinski definition) is 1. The maximum Gasteiger partial charge on any atom is 0.166 e. The second-order valence-corrected chi connectivity index (χ2v) is 5.36. The van der Waals surface area contributed by atoms with E-state index in [4.69, 9.17) is 16.3 Å². The van der Waals surface area contributed by atoms with Crippen LogP contribution in [0.3, 0.4) is 0 Å². The van der Waals surface area contributed by atoms with Crippen LogP contribution in [0.25, 0.3) is 0 Å². The molecule has 5 heteroatoms. The molecule has 0 aliphatic carbocycles. The topological polar surface area (TPSA) is 34.2 Å². The summed E-state index contributed by atoms with van der Waals surface area (Å²) in [6.07, 6.45) is 3.13. The number of pyridine rings is 1. The Labute approximate surface area is 105 Å². The molecule has 1 aliphatic rings. The fourth-order valence-corrected chi connectivity index (χ4v) is 2.21. The van der Waals surface area contributed by atoms with Gasteiger partial charge in [-0.2, -0.15) is 0 Å². The van der Waals surface area contributed by atoms with E-state index in [0.29, 0.717) is 11.6 Å². The van der Waals surface area contributed by atoms with E-state index in [0.717, 1.165) is 12.8 Å². The Bertz CT molecular complexity index is 411. The maximum atomic E-state index is 13.6. The van der Waals surface area contributed by atoms with E-state index < -0.39 is 5.82 Å². The van der Waals surface area contributed by atoms with Crippen LogP contribution in [0.15, 0.2) is 12.3 Å². The van der Waals surface area contributed by atoms with Crippen molar-refractivity contribution >= 4 is 17.4 Å². The summed E-state index contributed by atoms with van der Waals surface area (Å²) in [5, 5.41) is 3.41. The van der Waals surface area contributed by atoms with Crippen molar-refractivity contribution in [2.24, 2.45) is 0 Å². The first kappa shape index (κ1) is 12.6. The quantitative estimate of drug-likeness (QED) is 0.884. The molecule has 1 aliphatic heterocycles. The average Bonchev–Trinajstić information content (AvgIpc) is 2.21. The molecular weight excluding hydrogens is 243 g/mol. The Balaban J connectivity index is 2.05. The van der Waals surface area contributed by atoms with Crippen LogP contribution in [-0.2, 0) is 4.74 Å². The predicted octanol–water partition coefficient (Wildman–Crippen LogP) is 3.24. The van der Waals surface area contributed by atoms with Gasteiger partial charge in [-0.05, 0) is 32.8 Å². The first-order chi connectivity index (χ1) is 7.96. The van der Waals surface area contributed by atoms with Gasteiger partial charge in [-0.1, -0.05) is 11.6 Å². The van der Waals surface area contributed by atoms with Gasteiger partial charge in [0.15, 0.2) is 11.6 Å². The zero-order chi connectivity index (χ0) is 12.5. The Hall–Kier alpha value is -0.870. The van der Waals surface area contributed by atoms with Gasteiger partial charge in [0.05, 0.1) is 10.6 Å². The van der Waals surface area contributed by atoms with Crippen LogP contribution >= 0.6 is 11.6 Å². The van der Waals surface area contributed by atoms with Gasteiger partial charge >= 0.3 is 0 Å². The number of halogens is 2. The number of nitrogens with zero attached hydrogens (tertiary/aromatic N) is 1. The molecule has 0 amide bonds. The summed E-state index contributed by atoms with van der Waals surface area (Å²) in [7, 11) is 0. The molecule has 0 radical (unpaired) electrons. The number of hydrogen-bond acceptors (Lipinski definition) is 3. The molecule has 1 atom stereocenters. The molecule has 0 bridgehead atoms. The van der Waals surface area contributed by atoms with Crippen LogP contribution in [0, 0.1) is 5.82 Å². The third kappa shape index (κ3) is 3.30. The highest BCUT2D eigenvalue weighted by Gasteiger charge is 2.29. The first-order valence-electron chi connectivity index (χ1n) is 5.68. The van der Waals surface area contributed by atoms with E-state index in [1.165, 1.54) is 12.3 Å². The van der Waals surface area contributed by atoms with E-state index in [1.807, 2.05) is 13.8 Å². The molecule has 2 rings (SSSR count). The maximum absolute atomic E-state index is 13.6. The number of rotatable bonds is 2. The molecule has 3 nitrogen and oxygen atoms in total. The molecule has 17 heavy (non-hydrogen) atoms. The molecule has 0 aromatic carbocycles. The smallest absolute Gasteiger partial charge is 0.166 e. The van der Waals surface area contributed by atoms with Crippen molar-refractivity contribution in [3.63, 3.8) is 0 Å². The number of nitrogens with one attached hydrogen (secondary N) is 1. The van der Waals surface area contributed by atoms with Gasteiger partial charge in [-0.15, -0.1) is 0 Å². The van der Waals surface area contributed by atoms with Crippen LogP contribution in [0.4, 0.5) is 10.2 Å². The first-order valence-corrected chi connectivity index (χ1v) is 6.06. The highest BCUT2D eigenvalue weighted by atomic mass is 35.5. The van der Waals surface area contributed by atoms with E-state index in [9.17, 15) is 4.39 Å². The van der Waals surface area contributed by atoms with Gasteiger partial charge in [0.2, 0.25) is 0 Å². The molecular formula is C12H16ClFN2O. The number of anilines is 1. The molecule has 0 saturated carbocycles. The highest BCUT2D eigenvalue weighted by Crippen LogP contribution is 2.26. The number of ether oxygens (including phenoxy) is 1. The van der Waals surface area contributed by atoms with Gasteiger partial charge in [-0.25, -0.2) is 9.37 Å². The summed E-state index contributed by atoms with van der Waals surface area (Å²) < 4.78 is 19.2. The Kier molecular flexibility index (Phi) is 3.54. The van der Waals surface area contributed by atoms with E-state index in [1.54, 1.807) is 0 Å². The highest BCUT2D eigenvalue weighted by molar-refractivity contribution is 6.30. The molecule has 0 spiro atoms. The third-order valence-corrected chi connectivity index (χ3v) is 3.05. The van der Waals surface area contributed by atoms with Crippen molar-refractivity contribution in [1.82, 2.24) is 4.98 Å². The minimum absolute atomic E-state index is 0.168. The van der Waals surface area contributed by atoms with Gasteiger partial charge in [0, 0.05) is 18.8 Å². The van der Waals surface area contributed by atoms with Crippen LogP contribution < -0.4 is 5.32 Å². The van der Waals surface area contributed by atoms with Gasteiger partial charge in [-0.3, -0.25) is 0 Å². The standard InChI is InChI=1S/C12H16ClFN2O/c1-12(2)6-9(3-4-17-12)16-11-10(14)5-8(13)7-15-11/h5,7,9H,3-4,6H2,1-2H3,(H,15,16). The third-order valence-electron chi connectivity index (χ3n) is 2.85. The lowest BCUT2D eigenvalue weighted by molar-refractivity contribution is -0.0553. The van der Waals surface area contributed by atoms with Gasteiger partial charge < -0.3 is 10.1 Å². The van der Waals surface area contributed by atoms with Crippen LogP contribution in [0.5, 0.6) is 0 Å². The van der Waals surface area contributed by atoms with Crippen molar-refractivity contribution in [3.8, 4) is 0 Å². The summed E-state index contributed by atoms with van der Waals surface area (Å²) >= 11 is 5.65. The monoisotopic (exact) mass is 258 g/mol. The van der Waals surface area contributed by atoms with Crippen LogP contribution in [-0.4, -0.2) is 23.2 Å². The Morgan fingerprint density at radius 3 is 3.00 bits per heavy atom. The SMILES string of the molecule is CC1(C)CC(Nc2ncc(Cl)cc2F)CCO1. The molecule has 94 valence electrons. The zero-order valence-corrected chi connectivity index (χ0v) is 10.7. The fraction of sp³-hybridized carbons (Fsp3) is 0.583. The summed E-state index contributed by atoms with van der Waals surface area (Å²) in [4.78, 5) is 3.96. The predicted molar refractivity (Wildman–Crippen MR) is 65.9 cm³/mol. The van der Waals surface area contributed by atoms with Gasteiger partial charge in [0.25, 0.3) is 0 Å². The number of aromatic nitrogens is 1. The lowest BCUT2D eigenvalue weighted by atomic mass is 9.94. The van der Waals surface area contributed by atoms with Crippen molar-refractivity contribution in [2.75, 3.05) is 11.9 Å². The summed E-state index contributed by atoms with van der Waals surface area (Å²) in [6.45, 7) is 4.75. The largest absolute Gasteiger partial charge is 0.375 e. The Morgan fingerprint density at radius 2 is 2.35 bits per heavy atom. The molecule has 1 aromatic heterocycles. The molecule has 1 N–H and O–H groups in total. The van der Waals surface area contributed by atoms with Crippen molar-refractivity contribution in [1.29, 1.82) is 0 Å². The van der Waals surface area contributed by atoms with Crippen LogP contribution in [0.2, 0.25) is 5.02 Å². The lowest BCUT2D eigenvalue weighted by Gasteiger charge is -2.36. The molecule has 1 unspecified atom stereocenters. The lowest BCUT2D eigenvalue weighted by Crippen LogP contribution is -2.40. The second-order valence-electron chi connectivity index (χ2n) is 4.93. The molecule has 1 aromatic rings. The molecule has 1 saturated heterocycles. The zero-order valence-electron chi connectivity index (χ0n) is 9.96. The van der Waals surface area contributed by atoms with Gasteiger partial charge in [0.1, 0.15) is 0 Å². The summed E-state index contributed by atoms with van der Waals surface area (Å²) in [5.41, 5.74) is -0.168. The minimum Gasteiger partial charge on any atom is -0.375 e. The van der Waals surface area contributed by atoms with Crippen molar-refractivity contribution < 1.29 is 9.13 Å². The van der Waals surface area contributed by atoms with E-state index in [2.05, 4.69) is 10.3 Å². The Morgan fingerprint density at radius 1 is 1.59 bits per heavy atom. The average molecular weight is 259 g/mol. The minimum atomic E-state index is -0.415. The summed E-state index contributed by atoms with van der Waals surface area (Å²) in [6, 6.07) is 1.45. The van der Waals surface area contributed by atoms with Crippen LogP contribution in [0.1, 0.15) is 26.7 Å². The second kappa shape index (κ2) is 4.78.